The molecule has 22 heavy (non-hydrogen) atoms. The zero-order valence-electron chi connectivity index (χ0n) is 11.8. The van der Waals surface area contributed by atoms with E-state index in [2.05, 4.69) is 5.10 Å². The highest BCUT2D eigenvalue weighted by atomic mass is 19.2. The average molecular weight is 301 g/mol. The van der Waals surface area contributed by atoms with Crippen molar-refractivity contribution < 1.29 is 13.5 Å². The first kappa shape index (κ1) is 14.1. The molecule has 1 heterocycles. The van der Waals surface area contributed by atoms with Gasteiger partial charge in [0.25, 0.3) is 0 Å². The monoisotopic (exact) mass is 301 g/mol. The normalized spacial score (nSPS) is 10.7. The number of hydrogen-bond donors (Lipinski definition) is 1. The van der Waals surface area contributed by atoms with E-state index in [0.29, 0.717) is 11.4 Å². The molecule has 0 fully saturated rings. The molecule has 4 nitrogen and oxygen atoms in total. The van der Waals surface area contributed by atoms with Crippen LogP contribution in [0.1, 0.15) is 0 Å². The maximum absolute atomic E-state index is 13.2. The molecule has 0 radical (unpaired) electrons. The zero-order chi connectivity index (χ0) is 15.7. The second kappa shape index (κ2) is 5.48. The second-order valence-electron chi connectivity index (χ2n) is 4.77. The van der Waals surface area contributed by atoms with Gasteiger partial charge in [-0.05, 0) is 30.3 Å². The van der Waals surface area contributed by atoms with Crippen molar-refractivity contribution in [1.29, 1.82) is 0 Å². The minimum absolute atomic E-state index is 0.201. The molecule has 0 atom stereocenters. The highest BCUT2D eigenvalue weighted by molar-refractivity contribution is 5.75. The van der Waals surface area contributed by atoms with E-state index < -0.39 is 11.6 Å². The van der Waals surface area contributed by atoms with Gasteiger partial charge in [0.2, 0.25) is 0 Å². The van der Waals surface area contributed by atoms with Crippen molar-refractivity contribution in [3.05, 3.63) is 60.3 Å². The van der Waals surface area contributed by atoms with Crippen LogP contribution in [0.15, 0.2) is 48.7 Å². The number of ether oxygens (including phenoxy) is 1. The third kappa shape index (κ3) is 2.63. The number of benzene rings is 2. The topological polar surface area (TPSA) is 53.1 Å². The van der Waals surface area contributed by atoms with Crippen LogP contribution in [-0.2, 0) is 7.05 Å². The van der Waals surface area contributed by atoms with Gasteiger partial charge in [0.15, 0.2) is 11.6 Å². The van der Waals surface area contributed by atoms with Crippen LogP contribution in [0.4, 0.5) is 14.5 Å². The largest absolute Gasteiger partial charge is 0.457 e. The SMILES string of the molecule is Cn1nccc1-c1ccc(Oc2ccc(F)c(F)c2)cc1N. The summed E-state index contributed by atoms with van der Waals surface area (Å²) < 4.78 is 33.3. The van der Waals surface area contributed by atoms with Crippen LogP contribution in [0.3, 0.4) is 0 Å². The Hall–Kier alpha value is -2.89. The van der Waals surface area contributed by atoms with Crippen LogP contribution in [0, 0.1) is 11.6 Å². The summed E-state index contributed by atoms with van der Waals surface area (Å²) >= 11 is 0. The summed E-state index contributed by atoms with van der Waals surface area (Å²) in [5.41, 5.74) is 8.23. The maximum atomic E-state index is 13.2. The Morgan fingerprint density at radius 3 is 2.36 bits per heavy atom. The van der Waals surface area contributed by atoms with E-state index in [1.165, 1.54) is 6.07 Å². The number of aryl methyl sites for hydroxylation is 1. The molecule has 0 spiro atoms. The number of nitrogens with two attached hydrogens (primary N) is 1. The van der Waals surface area contributed by atoms with Gasteiger partial charge in [-0.1, -0.05) is 0 Å². The molecule has 0 saturated carbocycles. The van der Waals surface area contributed by atoms with E-state index in [1.807, 2.05) is 13.1 Å². The summed E-state index contributed by atoms with van der Waals surface area (Å²) in [7, 11) is 1.82. The Kier molecular flexibility index (Phi) is 3.50. The molecule has 0 unspecified atom stereocenters. The lowest BCUT2D eigenvalue weighted by Crippen LogP contribution is -1.97. The minimum atomic E-state index is -0.961. The first-order valence-electron chi connectivity index (χ1n) is 6.55. The minimum Gasteiger partial charge on any atom is -0.457 e. The van der Waals surface area contributed by atoms with Gasteiger partial charge in [-0.2, -0.15) is 5.10 Å². The van der Waals surface area contributed by atoms with E-state index in [9.17, 15) is 8.78 Å². The fourth-order valence-electron chi connectivity index (χ4n) is 2.15. The molecule has 112 valence electrons. The Balaban J connectivity index is 1.89. The average Bonchev–Trinajstić information content (AvgIpc) is 2.89. The summed E-state index contributed by atoms with van der Waals surface area (Å²) in [6.45, 7) is 0. The van der Waals surface area contributed by atoms with Gasteiger partial charge in [-0.3, -0.25) is 4.68 Å². The molecule has 6 heteroatoms. The first-order valence-corrected chi connectivity index (χ1v) is 6.55. The van der Waals surface area contributed by atoms with Crippen LogP contribution in [0.2, 0.25) is 0 Å². The van der Waals surface area contributed by atoms with Gasteiger partial charge in [0.1, 0.15) is 11.5 Å². The quantitative estimate of drug-likeness (QED) is 0.750. The van der Waals surface area contributed by atoms with E-state index in [4.69, 9.17) is 10.5 Å². The summed E-state index contributed by atoms with van der Waals surface area (Å²) in [5, 5.41) is 4.09. The fraction of sp³-hybridized carbons (Fsp3) is 0.0625. The molecule has 2 N–H and O–H groups in total. The smallest absolute Gasteiger partial charge is 0.162 e. The van der Waals surface area contributed by atoms with Crippen molar-refractivity contribution in [2.75, 3.05) is 5.73 Å². The van der Waals surface area contributed by atoms with Gasteiger partial charge >= 0.3 is 0 Å². The fourth-order valence-corrected chi connectivity index (χ4v) is 2.15. The predicted octanol–water partition coefficient (Wildman–Crippen LogP) is 3.74. The highest BCUT2D eigenvalue weighted by Crippen LogP contribution is 2.31. The summed E-state index contributed by atoms with van der Waals surface area (Å²) in [6.07, 6.45) is 1.68. The van der Waals surface area contributed by atoms with E-state index in [-0.39, 0.29) is 5.75 Å². The molecule has 2 aromatic carbocycles. The molecule has 1 aromatic heterocycles. The van der Waals surface area contributed by atoms with Gasteiger partial charge < -0.3 is 10.5 Å². The van der Waals surface area contributed by atoms with Gasteiger partial charge in [-0.15, -0.1) is 0 Å². The molecule has 0 saturated heterocycles. The van der Waals surface area contributed by atoms with Crippen molar-refractivity contribution in [3.63, 3.8) is 0 Å². The third-order valence-corrected chi connectivity index (χ3v) is 3.25. The molecular formula is C16H13F2N3O. The lowest BCUT2D eigenvalue weighted by molar-refractivity contribution is 0.462. The van der Waals surface area contributed by atoms with Crippen molar-refractivity contribution in [2.24, 2.45) is 7.05 Å². The van der Waals surface area contributed by atoms with Crippen molar-refractivity contribution in [2.45, 2.75) is 0 Å². The standard InChI is InChI=1S/C16H13F2N3O/c1-21-16(6-7-20-21)12-4-2-11(9-15(12)19)22-10-3-5-13(17)14(18)8-10/h2-9H,19H2,1H3. The number of hydrogen-bond acceptors (Lipinski definition) is 3. The molecule has 0 amide bonds. The lowest BCUT2D eigenvalue weighted by Gasteiger charge is -2.10. The van der Waals surface area contributed by atoms with Crippen LogP contribution >= 0.6 is 0 Å². The van der Waals surface area contributed by atoms with Crippen molar-refractivity contribution in [1.82, 2.24) is 9.78 Å². The molecule has 0 bridgehead atoms. The van der Waals surface area contributed by atoms with Gasteiger partial charge in [0.05, 0.1) is 5.69 Å². The van der Waals surface area contributed by atoms with Crippen LogP contribution in [0.25, 0.3) is 11.3 Å². The maximum Gasteiger partial charge on any atom is 0.162 e. The van der Waals surface area contributed by atoms with Crippen LogP contribution < -0.4 is 10.5 Å². The number of anilines is 1. The number of nitrogen functional groups attached to an aromatic ring is 1. The van der Waals surface area contributed by atoms with Gasteiger partial charge in [0, 0.05) is 36.6 Å². The Labute approximate surface area is 125 Å². The number of nitrogens with zero attached hydrogens (tertiary/aromatic N) is 2. The van der Waals surface area contributed by atoms with Crippen molar-refractivity contribution >= 4 is 5.69 Å². The first-order chi connectivity index (χ1) is 10.5. The molecule has 3 rings (SSSR count). The van der Waals surface area contributed by atoms with E-state index in [0.717, 1.165) is 23.4 Å². The summed E-state index contributed by atoms with van der Waals surface area (Å²) in [6, 6.07) is 10.3. The van der Waals surface area contributed by atoms with Gasteiger partial charge in [-0.25, -0.2) is 8.78 Å². The van der Waals surface area contributed by atoms with E-state index >= 15 is 0 Å². The number of halogens is 2. The Bertz CT molecular complexity index is 830. The molecule has 0 aliphatic heterocycles. The summed E-state index contributed by atoms with van der Waals surface area (Å²) in [4.78, 5) is 0. The predicted molar refractivity (Wildman–Crippen MR) is 79.5 cm³/mol. The Morgan fingerprint density at radius 2 is 1.73 bits per heavy atom. The number of rotatable bonds is 3. The molecule has 0 aliphatic carbocycles. The molecule has 3 aromatic rings. The lowest BCUT2D eigenvalue weighted by atomic mass is 10.1. The van der Waals surface area contributed by atoms with E-state index in [1.54, 1.807) is 29.1 Å². The zero-order valence-corrected chi connectivity index (χ0v) is 11.8. The van der Waals surface area contributed by atoms with Crippen LogP contribution in [0.5, 0.6) is 11.5 Å². The van der Waals surface area contributed by atoms with Crippen LogP contribution in [-0.4, -0.2) is 9.78 Å². The molecule has 0 aliphatic rings. The third-order valence-electron chi connectivity index (χ3n) is 3.25. The second-order valence-corrected chi connectivity index (χ2v) is 4.77. The number of aromatic nitrogens is 2. The van der Waals surface area contributed by atoms with Crippen molar-refractivity contribution in [3.8, 4) is 22.8 Å². The Morgan fingerprint density at radius 1 is 1.00 bits per heavy atom. The highest BCUT2D eigenvalue weighted by Gasteiger charge is 2.09. The molecular weight excluding hydrogens is 288 g/mol. The summed E-state index contributed by atoms with van der Waals surface area (Å²) in [5.74, 6) is -1.24.